The van der Waals surface area contributed by atoms with Gasteiger partial charge in [0.2, 0.25) is 5.95 Å². The molecule has 1 fully saturated rings. The van der Waals surface area contributed by atoms with Crippen molar-refractivity contribution in [2.45, 2.75) is 33.4 Å². The lowest BCUT2D eigenvalue weighted by molar-refractivity contribution is -0.169. The molecule has 1 atom stereocenters. The summed E-state index contributed by atoms with van der Waals surface area (Å²) in [5, 5.41) is 6.34. The van der Waals surface area contributed by atoms with Crippen LogP contribution in [-0.4, -0.2) is 52.2 Å². The van der Waals surface area contributed by atoms with E-state index in [9.17, 15) is 18.0 Å². The van der Waals surface area contributed by atoms with Crippen molar-refractivity contribution in [3.63, 3.8) is 0 Å². The Balaban J connectivity index is 0.00000149. The number of aromatic nitrogens is 3. The number of nitrogens with zero attached hydrogens (tertiary/aromatic N) is 4. The number of fused-ring (bicyclic) bond motifs is 1. The molecule has 1 aliphatic heterocycles. The number of carbonyl (C=O) groups is 1. The van der Waals surface area contributed by atoms with Crippen LogP contribution in [0, 0.1) is 12.8 Å². The van der Waals surface area contributed by atoms with E-state index >= 15 is 0 Å². The smallest absolute Gasteiger partial charge is 0.357 e. The standard InChI is InChI=1S/C21H21F3N6O.C2H6/c1-12-3-4-16(28-20(31)30-6-5-15(11-30)21(22,23)24)8-17(12)13-7-14-10-27-19(25-2)29-18(14)26-9-13;1-2/h3-4,7-10,15H,5-6,11H2,1-2H3,(H,28,31)(H,25,26,27,29);1-2H3. The zero-order valence-corrected chi connectivity index (χ0v) is 19.0. The summed E-state index contributed by atoms with van der Waals surface area (Å²) >= 11 is 0. The number of rotatable bonds is 3. The fourth-order valence-corrected chi connectivity index (χ4v) is 3.62. The van der Waals surface area contributed by atoms with Crippen LogP contribution >= 0.6 is 0 Å². The molecule has 2 aromatic heterocycles. The monoisotopic (exact) mass is 460 g/mol. The van der Waals surface area contributed by atoms with Crippen LogP contribution in [0.4, 0.5) is 29.6 Å². The van der Waals surface area contributed by atoms with Crippen LogP contribution < -0.4 is 10.6 Å². The highest BCUT2D eigenvalue weighted by Crippen LogP contribution is 2.34. The summed E-state index contributed by atoms with van der Waals surface area (Å²) in [6.45, 7) is 5.69. The van der Waals surface area contributed by atoms with E-state index in [0.29, 0.717) is 17.3 Å². The second-order valence-electron chi connectivity index (χ2n) is 7.51. The van der Waals surface area contributed by atoms with Gasteiger partial charge in [-0.25, -0.2) is 14.8 Å². The summed E-state index contributed by atoms with van der Waals surface area (Å²) < 4.78 is 38.7. The van der Waals surface area contributed by atoms with Crippen LogP contribution in [0.3, 0.4) is 0 Å². The number of nitrogens with one attached hydrogen (secondary N) is 2. The first-order valence-corrected chi connectivity index (χ1v) is 10.8. The zero-order chi connectivity index (χ0) is 24.2. The van der Waals surface area contributed by atoms with E-state index in [-0.39, 0.29) is 19.5 Å². The predicted molar refractivity (Wildman–Crippen MR) is 123 cm³/mol. The van der Waals surface area contributed by atoms with Gasteiger partial charge < -0.3 is 15.5 Å². The Labute approximate surface area is 190 Å². The van der Waals surface area contributed by atoms with Crippen LogP contribution in [-0.2, 0) is 0 Å². The summed E-state index contributed by atoms with van der Waals surface area (Å²) in [6.07, 6.45) is -0.990. The highest BCUT2D eigenvalue weighted by Gasteiger charge is 2.44. The number of pyridine rings is 1. The fourth-order valence-electron chi connectivity index (χ4n) is 3.62. The topological polar surface area (TPSA) is 83.0 Å². The summed E-state index contributed by atoms with van der Waals surface area (Å²) in [5.74, 6) is -0.996. The highest BCUT2D eigenvalue weighted by atomic mass is 19.4. The molecule has 3 aromatic rings. The molecule has 4 rings (SSSR count). The minimum absolute atomic E-state index is 0.0733. The fraction of sp³-hybridized carbons (Fsp3) is 0.391. The van der Waals surface area contributed by atoms with Gasteiger partial charge in [0.1, 0.15) is 0 Å². The van der Waals surface area contributed by atoms with Crippen LogP contribution in [0.5, 0.6) is 0 Å². The normalized spacial score (nSPS) is 15.7. The molecular formula is C23H27F3N6O. The molecule has 1 unspecified atom stereocenters. The number of anilines is 2. The largest absolute Gasteiger partial charge is 0.393 e. The number of carbonyl (C=O) groups excluding carboxylic acids is 1. The third-order valence-electron chi connectivity index (χ3n) is 5.39. The lowest BCUT2D eigenvalue weighted by Gasteiger charge is -2.19. The lowest BCUT2D eigenvalue weighted by Crippen LogP contribution is -2.35. The molecule has 0 bridgehead atoms. The molecule has 1 saturated heterocycles. The molecule has 0 radical (unpaired) electrons. The number of aryl methyl sites for hydroxylation is 1. The Morgan fingerprint density at radius 1 is 1.15 bits per heavy atom. The van der Waals surface area contributed by atoms with Gasteiger partial charge >= 0.3 is 12.2 Å². The van der Waals surface area contributed by atoms with Crippen LogP contribution in [0.2, 0.25) is 0 Å². The van der Waals surface area contributed by atoms with Crippen molar-refractivity contribution < 1.29 is 18.0 Å². The van der Waals surface area contributed by atoms with E-state index in [0.717, 1.165) is 22.1 Å². The first-order chi connectivity index (χ1) is 15.7. The molecule has 1 aliphatic rings. The molecule has 7 nitrogen and oxygen atoms in total. The number of urea groups is 1. The number of amides is 2. The van der Waals surface area contributed by atoms with Crippen molar-refractivity contribution >= 4 is 28.7 Å². The molecule has 0 aliphatic carbocycles. The summed E-state index contributed by atoms with van der Waals surface area (Å²) in [6, 6.07) is 6.73. The van der Waals surface area contributed by atoms with E-state index in [4.69, 9.17) is 0 Å². The molecule has 1 aromatic carbocycles. The highest BCUT2D eigenvalue weighted by molar-refractivity contribution is 5.91. The van der Waals surface area contributed by atoms with E-state index < -0.39 is 18.1 Å². The second-order valence-corrected chi connectivity index (χ2v) is 7.51. The lowest BCUT2D eigenvalue weighted by atomic mass is 10.0. The van der Waals surface area contributed by atoms with Crippen molar-refractivity contribution in [1.29, 1.82) is 0 Å². The molecule has 10 heteroatoms. The van der Waals surface area contributed by atoms with E-state index in [1.165, 1.54) is 4.90 Å². The van der Waals surface area contributed by atoms with Gasteiger partial charge in [-0.2, -0.15) is 18.2 Å². The van der Waals surface area contributed by atoms with Crippen molar-refractivity contribution in [3.8, 4) is 11.1 Å². The van der Waals surface area contributed by atoms with Gasteiger partial charge in [-0.3, -0.25) is 0 Å². The molecule has 0 saturated carbocycles. The number of halogens is 3. The summed E-state index contributed by atoms with van der Waals surface area (Å²) in [4.78, 5) is 26.6. The van der Waals surface area contributed by atoms with Gasteiger partial charge in [0.15, 0.2) is 5.65 Å². The first-order valence-electron chi connectivity index (χ1n) is 10.8. The molecule has 2 N–H and O–H groups in total. The molecule has 3 heterocycles. The third kappa shape index (κ3) is 5.50. The van der Waals surface area contributed by atoms with E-state index in [2.05, 4.69) is 25.6 Å². The third-order valence-corrected chi connectivity index (χ3v) is 5.39. The molecule has 176 valence electrons. The van der Waals surface area contributed by atoms with Gasteiger partial charge in [-0.15, -0.1) is 0 Å². The van der Waals surface area contributed by atoms with Crippen LogP contribution in [0.1, 0.15) is 25.8 Å². The molecule has 0 spiro atoms. The Kier molecular flexibility index (Phi) is 7.35. The summed E-state index contributed by atoms with van der Waals surface area (Å²) in [5.41, 5.74) is 3.69. The Hall–Kier alpha value is -3.43. The zero-order valence-electron chi connectivity index (χ0n) is 19.0. The van der Waals surface area contributed by atoms with Gasteiger partial charge in [0.25, 0.3) is 0 Å². The van der Waals surface area contributed by atoms with Gasteiger partial charge in [-0.05, 0) is 42.7 Å². The molecular weight excluding hydrogens is 433 g/mol. The quantitative estimate of drug-likeness (QED) is 0.541. The van der Waals surface area contributed by atoms with Crippen molar-refractivity contribution in [3.05, 3.63) is 42.2 Å². The van der Waals surface area contributed by atoms with Gasteiger partial charge in [0.05, 0.1) is 5.92 Å². The maximum atomic E-state index is 12.9. The van der Waals surface area contributed by atoms with E-state index in [1.54, 1.807) is 31.6 Å². The Morgan fingerprint density at radius 3 is 2.58 bits per heavy atom. The van der Waals surface area contributed by atoms with Gasteiger partial charge in [-0.1, -0.05) is 19.9 Å². The first kappa shape index (κ1) is 24.2. The molecule has 2 amide bonds. The average molecular weight is 461 g/mol. The number of likely N-dealkylation sites (tertiary alicyclic amines) is 1. The minimum atomic E-state index is -4.28. The number of benzene rings is 1. The Bertz CT molecular complexity index is 1130. The van der Waals surface area contributed by atoms with Crippen molar-refractivity contribution in [2.75, 3.05) is 30.8 Å². The SMILES string of the molecule is CC.CNc1ncc2cc(-c3cc(NC(=O)N4CCC(C(F)(F)F)C4)ccc3C)cnc2n1. The number of hydrogen-bond acceptors (Lipinski definition) is 5. The number of hydrogen-bond donors (Lipinski definition) is 2. The average Bonchev–Trinajstić information content (AvgIpc) is 3.32. The second kappa shape index (κ2) is 10.0. The predicted octanol–water partition coefficient (Wildman–Crippen LogP) is 5.48. The van der Waals surface area contributed by atoms with Crippen LogP contribution in [0.15, 0.2) is 36.7 Å². The maximum Gasteiger partial charge on any atom is 0.393 e. The summed E-state index contributed by atoms with van der Waals surface area (Å²) in [7, 11) is 1.73. The van der Waals surface area contributed by atoms with Crippen molar-refractivity contribution in [2.24, 2.45) is 5.92 Å². The minimum Gasteiger partial charge on any atom is -0.357 e. The van der Waals surface area contributed by atoms with Crippen LogP contribution in [0.25, 0.3) is 22.2 Å². The Morgan fingerprint density at radius 2 is 1.91 bits per heavy atom. The molecule has 33 heavy (non-hydrogen) atoms. The van der Waals surface area contributed by atoms with Crippen molar-refractivity contribution in [1.82, 2.24) is 19.9 Å². The number of alkyl halides is 3. The van der Waals surface area contributed by atoms with Gasteiger partial charge in [0, 0.05) is 49.2 Å². The maximum absolute atomic E-state index is 12.9. The van der Waals surface area contributed by atoms with E-state index in [1.807, 2.05) is 32.9 Å².